The molecule has 0 saturated carbocycles. The van der Waals surface area contributed by atoms with Crippen LogP contribution < -0.4 is 10.6 Å². The van der Waals surface area contributed by atoms with E-state index in [2.05, 4.69) is 5.10 Å². The number of aliphatic hydroxyl groups is 1. The maximum absolute atomic E-state index is 9.81. The van der Waals surface area contributed by atoms with Gasteiger partial charge in [-0.2, -0.15) is 5.10 Å². The highest BCUT2D eigenvalue weighted by atomic mass is 16.3. The smallest absolute Gasteiger partial charge is 0.173 e. The second-order valence-electron chi connectivity index (χ2n) is 4.25. The van der Waals surface area contributed by atoms with Crippen molar-refractivity contribution >= 4 is 11.5 Å². The van der Waals surface area contributed by atoms with Gasteiger partial charge in [0.25, 0.3) is 0 Å². The minimum absolute atomic E-state index is 0.605. The van der Waals surface area contributed by atoms with E-state index >= 15 is 0 Å². The highest BCUT2D eigenvalue weighted by Crippen LogP contribution is 2.28. The molecular weight excluding hydrogens is 180 g/mol. The number of β-amino-alcohol motifs (C(OH)–C–C–N with tert-alkyl or cyclic N) is 1. The van der Waals surface area contributed by atoms with Crippen LogP contribution >= 0.6 is 0 Å². The molecule has 78 valence electrons. The average molecular weight is 196 g/mol. The number of nitrogens with zero attached hydrogens (tertiary/aromatic N) is 3. The van der Waals surface area contributed by atoms with Crippen LogP contribution in [0.4, 0.5) is 11.5 Å². The summed E-state index contributed by atoms with van der Waals surface area (Å²) in [5.41, 5.74) is 5.87. The van der Waals surface area contributed by atoms with E-state index in [1.165, 1.54) is 0 Å². The van der Waals surface area contributed by atoms with E-state index in [0.717, 1.165) is 18.8 Å². The third kappa shape index (κ3) is 1.55. The van der Waals surface area contributed by atoms with E-state index in [0.29, 0.717) is 12.2 Å². The molecule has 5 nitrogen and oxygen atoms in total. The minimum Gasteiger partial charge on any atom is -0.394 e. The Bertz CT molecular complexity index is 345. The Kier molecular flexibility index (Phi) is 1.92. The maximum Gasteiger partial charge on any atom is 0.173 e. The zero-order valence-electron chi connectivity index (χ0n) is 8.56. The molecule has 1 aliphatic heterocycles. The number of hydrogen-bond acceptors (Lipinski definition) is 4. The monoisotopic (exact) mass is 196 g/mol. The number of aryl methyl sites for hydroxylation is 1. The Hall–Kier alpha value is -1.23. The Morgan fingerprint density at radius 2 is 2.36 bits per heavy atom. The Morgan fingerprint density at radius 3 is 2.79 bits per heavy atom. The fraction of sp³-hybridized carbons (Fsp3) is 0.667. The van der Waals surface area contributed by atoms with Gasteiger partial charge in [-0.25, -0.2) is 0 Å². The molecule has 0 amide bonds. The third-order valence-electron chi connectivity index (χ3n) is 2.59. The molecule has 0 aliphatic carbocycles. The molecule has 14 heavy (non-hydrogen) atoms. The lowest BCUT2D eigenvalue weighted by atomic mass is 10.1. The molecule has 2 rings (SSSR count). The van der Waals surface area contributed by atoms with Crippen LogP contribution in [0.3, 0.4) is 0 Å². The lowest BCUT2D eigenvalue weighted by Crippen LogP contribution is -2.30. The molecule has 5 heteroatoms. The summed E-state index contributed by atoms with van der Waals surface area (Å²) in [6.45, 7) is 3.26. The maximum atomic E-state index is 9.81. The lowest BCUT2D eigenvalue weighted by molar-refractivity contribution is 0.0839. The Morgan fingerprint density at radius 1 is 1.64 bits per heavy atom. The van der Waals surface area contributed by atoms with Gasteiger partial charge in [-0.3, -0.25) is 4.68 Å². The molecule has 2 heterocycles. The summed E-state index contributed by atoms with van der Waals surface area (Å²) in [4.78, 5) is 2.02. The normalized spacial score (nSPS) is 27.2. The fourth-order valence-electron chi connectivity index (χ4n) is 1.87. The van der Waals surface area contributed by atoms with Crippen molar-refractivity contribution in [2.75, 3.05) is 23.7 Å². The summed E-state index contributed by atoms with van der Waals surface area (Å²) in [6.07, 6.45) is 2.55. The number of hydrogen-bond donors (Lipinski definition) is 2. The van der Waals surface area contributed by atoms with Crippen LogP contribution in [0.5, 0.6) is 0 Å². The lowest BCUT2D eigenvalue weighted by Gasteiger charge is -2.18. The van der Waals surface area contributed by atoms with Crippen LogP contribution in [0.1, 0.15) is 13.3 Å². The van der Waals surface area contributed by atoms with Crippen LogP contribution in [0.25, 0.3) is 0 Å². The van der Waals surface area contributed by atoms with Gasteiger partial charge >= 0.3 is 0 Å². The molecule has 0 radical (unpaired) electrons. The first-order chi connectivity index (χ1) is 6.48. The number of nitrogens with two attached hydrogens (primary N) is 1. The van der Waals surface area contributed by atoms with Crippen molar-refractivity contribution in [1.82, 2.24) is 9.78 Å². The fourth-order valence-corrected chi connectivity index (χ4v) is 1.87. The average Bonchev–Trinajstić information content (AvgIpc) is 2.55. The zero-order chi connectivity index (χ0) is 10.3. The minimum atomic E-state index is -0.607. The predicted molar refractivity (Wildman–Crippen MR) is 55.1 cm³/mol. The van der Waals surface area contributed by atoms with Crippen LogP contribution in [0.2, 0.25) is 0 Å². The molecule has 1 saturated heterocycles. The van der Waals surface area contributed by atoms with Gasteiger partial charge in [0.15, 0.2) is 5.82 Å². The molecule has 0 aromatic carbocycles. The highest BCUT2D eigenvalue weighted by molar-refractivity contribution is 5.62. The molecule has 1 aromatic rings. The van der Waals surface area contributed by atoms with E-state index in [1.54, 1.807) is 10.9 Å². The largest absolute Gasteiger partial charge is 0.394 e. The molecule has 1 aliphatic rings. The molecule has 1 fully saturated rings. The number of aromatic nitrogens is 2. The van der Waals surface area contributed by atoms with E-state index in [1.807, 2.05) is 18.9 Å². The van der Waals surface area contributed by atoms with Gasteiger partial charge in [-0.15, -0.1) is 0 Å². The summed E-state index contributed by atoms with van der Waals surface area (Å²) in [5.74, 6) is 0.783. The summed E-state index contributed by atoms with van der Waals surface area (Å²) in [7, 11) is 1.84. The first-order valence-corrected chi connectivity index (χ1v) is 4.74. The van der Waals surface area contributed by atoms with E-state index < -0.39 is 5.60 Å². The van der Waals surface area contributed by atoms with Crippen LogP contribution in [0.15, 0.2) is 6.20 Å². The van der Waals surface area contributed by atoms with Crippen molar-refractivity contribution in [2.45, 2.75) is 18.9 Å². The molecular formula is C9H16N4O. The van der Waals surface area contributed by atoms with Gasteiger partial charge in [-0.1, -0.05) is 0 Å². The standard InChI is InChI=1S/C9H16N4O/c1-9(14)3-4-13(6-9)8-7(10)5-12(2)11-8/h5,14H,3-4,6,10H2,1-2H3. The van der Waals surface area contributed by atoms with Crippen LogP contribution in [-0.4, -0.2) is 33.6 Å². The molecule has 1 unspecified atom stereocenters. The van der Waals surface area contributed by atoms with Crippen molar-refractivity contribution in [3.8, 4) is 0 Å². The first-order valence-electron chi connectivity index (χ1n) is 4.74. The third-order valence-corrected chi connectivity index (χ3v) is 2.59. The summed E-state index contributed by atoms with van der Waals surface area (Å²) >= 11 is 0. The first kappa shape index (κ1) is 9.33. The zero-order valence-corrected chi connectivity index (χ0v) is 8.56. The van der Waals surface area contributed by atoms with Gasteiger partial charge in [0.2, 0.25) is 0 Å². The van der Waals surface area contributed by atoms with Crippen molar-refractivity contribution in [3.63, 3.8) is 0 Å². The topological polar surface area (TPSA) is 67.3 Å². The molecule has 3 N–H and O–H groups in total. The van der Waals surface area contributed by atoms with Crippen molar-refractivity contribution in [1.29, 1.82) is 0 Å². The SMILES string of the molecule is Cn1cc(N)c(N2CCC(C)(O)C2)n1. The number of rotatable bonds is 1. The van der Waals surface area contributed by atoms with E-state index in [4.69, 9.17) is 5.73 Å². The van der Waals surface area contributed by atoms with Crippen molar-refractivity contribution < 1.29 is 5.11 Å². The van der Waals surface area contributed by atoms with E-state index in [9.17, 15) is 5.11 Å². The highest BCUT2D eigenvalue weighted by Gasteiger charge is 2.33. The van der Waals surface area contributed by atoms with Crippen LogP contribution in [-0.2, 0) is 7.05 Å². The Balaban J connectivity index is 2.21. The summed E-state index contributed by atoms with van der Waals surface area (Å²) < 4.78 is 1.69. The quantitative estimate of drug-likeness (QED) is 0.661. The van der Waals surface area contributed by atoms with Gasteiger partial charge < -0.3 is 15.7 Å². The Labute approximate surface area is 83.1 Å². The molecule has 0 spiro atoms. The summed E-state index contributed by atoms with van der Waals surface area (Å²) in [6, 6.07) is 0. The molecule has 0 bridgehead atoms. The van der Waals surface area contributed by atoms with Crippen molar-refractivity contribution in [2.24, 2.45) is 7.05 Å². The number of nitrogen functional groups attached to an aromatic ring is 1. The van der Waals surface area contributed by atoms with Gasteiger partial charge in [0.05, 0.1) is 11.3 Å². The van der Waals surface area contributed by atoms with E-state index in [-0.39, 0.29) is 0 Å². The number of anilines is 2. The van der Waals surface area contributed by atoms with Gasteiger partial charge in [-0.05, 0) is 13.3 Å². The van der Waals surface area contributed by atoms with Gasteiger partial charge in [0, 0.05) is 26.3 Å². The van der Waals surface area contributed by atoms with Crippen molar-refractivity contribution in [3.05, 3.63) is 6.20 Å². The second kappa shape index (κ2) is 2.88. The molecule has 1 atom stereocenters. The van der Waals surface area contributed by atoms with Gasteiger partial charge in [0.1, 0.15) is 0 Å². The second-order valence-corrected chi connectivity index (χ2v) is 4.25. The predicted octanol–water partition coefficient (Wildman–Crippen LogP) is -0.0366. The summed E-state index contributed by atoms with van der Waals surface area (Å²) in [5, 5.41) is 14.1. The van der Waals surface area contributed by atoms with Crippen LogP contribution in [0, 0.1) is 0 Å². The molecule has 1 aromatic heterocycles.